The molecule has 1 fully saturated rings. The van der Waals surface area contributed by atoms with E-state index in [0.717, 1.165) is 5.75 Å². The van der Waals surface area contributed by atoms with Gasteiger partial charge in [-0.05, 0) is 24.6 Å². The van der Waals surface area contributed by atoms with Gasteiger partial charge in [-0.15, -0.1) is 0 Å². The summed E-state index contributed by atoms with van der Waals surface area (Å²) in [7, 11) is 1.65. The number of rotatable bonds is 2. The van der Waals surface area contributed by atoms with Crippen molar-refractivity contribution in [1.82, 2.24) is 5.32 Å². The van der Waals surface area contributed by atoms with Gasteiger partial charge in [0.15, 0.2) is 0 Å². The third kappa shape index (κ3) is 1.96. The van der Waals surface area contributed by atoms with Crippen molar-refractivity contribution in [3.8, 4) is 5.75 Å². The minimum atomic E-state index is 0.142. The predicted octanol–water partition coefficient (Wildman–Crippen LogP) is 1.69. The van der Waals surface area contributed by atoms with E-state index in [1.54, 1.807) is 7.11 Å². The summed E-state index contributed by atoms with van der Waals surface area (Å²) < 4.78 is 5.10. The van der Waals surface area contributed by atoms with Crippen LogP contribution in [0.1, 0.15) is 24.8 Å². The Balaban J connectivity index is 2.19. The molecule has 1 aromatic carbocycles. The third-order valence-electron chi connectivity index (χ3n) is 2.94. The van der Waals surface area contributed by atoms with Crippen LogP contribution in [0.2, 0.25) is 0 Å². The van der Waals surface area contributed by atoms with E-state index < -0.39 is 0 Å². The van der Waals surface area contributed by atoms with Crippen LogP contribution in [0.4, 0.5) is 0 Å². The molecular weight excluding hydrogens is 190 g/mol. The first-order valence-corrected chi connectivity index (χ1v) is 5.14. The van der Waals surface area contributed by atoms with Crippen LogP contribution in [-0.2, 0) is 4.79 Å². The molecule has 1 amide bonds. The van der Waals surface area contributed by atoms with E-state index in [4.69, 9.17) is 4.74 Å². The fraction of sp³-hybridized carbons (Fsp3) is 0.417. The standard InChI is InChI=1S/C12H15NO2/c1-8-11(7-12(14)13-8)9-3-5-10(15-2)6-4-9/h3-6,8,11H,7H2,1-2H3,(H,13,14)/t8?,11-/m0/s1. The average molecular weight is 205 g/mol. The zero-order valence-corrected chi connectivity index (χ0v) is 8.99. The molecule has 0 aromatic heterocycles. The number of carbonyl (C=O) groups excluding carboxylic acids is 1. The maximum Gasteiger partial charge on any atom is 0.220 e. The van der Waals surface area contributed by atoms with Gasteiger partial charge in [0.05, 0.1) is 7.11 Å². The normalized spacial score (nSPS) is 25.1. The Bertz CT molecular complexity index is 358. The Labute approximate surface area is 89.4 Å². The molecule has 0 radical (unpaired) electrons. The molecule has 0 saturated carbocycles. The van der Waals surface area contributed by atoms with E-state index in [9.17, 15) is 4.79 Å². The second kappa shape index (κ2) is 3.93. The Morgan fingerprint density at radius 3 is 2.47 bits per heavy atom. The van der Waals surface area contributed by atoms with Gasteiger partial charge in [-0.1, -0.05) is 12.1 Å². The zero-order valence-electron chi connectivity index (χ0n) is 8.99. The summed E-state index contributed by atoms with van der Waals surface area (Å²) in [6, 6.07) is 8.15. The van der Waals surface area contributed by atoms with Gasteiger partial charge < -0.3 is 10.1 Å². The van der Waals surface area contributed by atoms with Crippen LogP contribution in [0.5, 0.6) is 5.75 Å². The Morgan fingerprint density at radius 2 is 2.00 bits per heavy atom. The molecule has 80 valence electrons. The second-order valence-corrected chi connectivity index (χ2v) is 3.94. The minimum absolute atomic E-state index is 0.142. The van der Waals surface area contributed by atoms with Gasteiger partial charge in [0.1, 0.15) is 5.75 Å². The molecule has 1 unspecified atom stereocenters. The van der Waals surface area contributed by atoms with Crippen LogP contribution in [-0.4, -0.2) is 19.1 Å². The average Bonchev–Trinajstić information content (AvgIpc) is 2.58. The number of carbonyl (C=O) groups is 1. The SMILES string of the molecule is COc1ccc([C@H]2CC(=O)NC2C)cc1. The van der Waals surface area contributed by atoms with Gasteiger partial charge in [0.2, 0.25) is 5.91 Å². The predicted molar refractivity (Wildman–Crippen MR) is 58.0 cm³/mol. The Hall–Kier alpha value is -1.51. The van der Waals surface area contributed by atoms with Crippen LogP contribution in [0.15, 0.2) is 24.3 Å². The van der Waals surface area contributed by atoms with E-state index in [-0.39, 0.29) is 11.9 Å². The minimum Gasteiger partial charge on any atom is -0.497 e. The molecule has 1 aliphatic rings. The lowest BCUT2D eigenvalue weighted by Gasteiger charge is -2.14. The number of nitrogens with one attached hydrogen (secondary N) is 1. The van der Waals surface area contributed by atoms with Crippen molar-refractivity contribution in [3.63, 3.8) is 0 Å². The highest BCUT2D eigenvalue weighted by Gasteiger charge is 2.29. The molecule has 0 aliphatic carbocycles. The molecule has 1 aliphatic heterocycles. The maximum atomic E-state index is 11.2. The number of amides is 1. The molecular formula is C12H15NO2. The molecule has 15 heavy (non-hydrogen) atoms. The Morgan fingerprint density at radius 1 is 1.33 bits per heavy atom. The number of methoxy groups -OCH3 is 1. The van der Waals surface area contributed by atoms with E-state index in [1.165, 1.54) is 5.56 Å². The second-order valence-electron chi connectivity index (χ2n) is 3.94. The summed E-state index contributed by atoms with van der Waals surface area (Å²) in [5.41, 5.74) is 1.20. The van der Waals surface area contributed by atoms with Crippen molar-refractivity contribution in [2.45, 2.75) is 25.3 Å². The molecule has 2 rings (SSSR count). The lowest BCUT2D eigenvalue weighted by molar-refractivity contribution is -0.119. The van der Waals surface area contributed by atoms with E-state index in [2.05, 4.69) is 5.32 Å². The summed E-state index contributed by atoms with van der Waals surface area (Å²) in [5, 5.41) is 2.92. The topological polar surface area (TPSA) is 38.3 Å². The molecule has 3 nitrogen and oxygen atoms in total. The summed E-state index contributed by atoms with van der Waals surface area (Å²) in [5.74, 6) is 1.29. The Kier molecular flexibility index (Phi) is 2.62. The van der Waals surface area contributed by atoms with E-state index in [1.807, 2.05) is 31.2 Å². The zero-order chi connectivity index (χ0) is 10.8. The van der Waals surface area contributed by atoms with Crippen LogP contribution >= 0.6 is 0 Å². The highest BCUT2D eigenvalue weighted by molar-refractivity contribution is 5.80. The summed E-state index contributed by atoms with van der Waals surface area (Å²) >= 11 is 0. The van der Waals surface area contributed by atoms with Gasteiger partial charge in [0, 0.05) is 18.4 Å². The lowest BCUT2D eigenvalue weighted by atomic mass is 9.93. The largest absolute Gasteiger partial charge is 0.497 e. The highest BCUT2D eigenvalue weighted by atomic mass is 16.5. The number of benzene rings is 1. The summed E-state index contributed by atoms with van der Waals surface area (Å²) in [4.78, 5) is 11.2. The van der Waals surface area contributed by atoms with Crippen molar-refractivity contribution in [1.29, 1.82) is 0 Å². The van der Waals surface area contributed by atoms with Crippen molar-refractivity contribution in [2.24, 2.45) is 0 Å². The fourth-order valence-electron chi connectivity index (χ4n) is 2.05. The van der Waals surface area contributed by atoms with Crippen molar-refractivity contribution < 1.29 is 9.53 Å². The quantitative estimate of drug-likeness (QED) is 0.797. The number of hydrogen-bond donors (Lipinski definition) is 1. The first-order valence-electron chi connectivity index (χ1n) is 5.14. The lowest BCUT2D eigenvalue weighted by Crippen LogP contribution is -2.24. The third-order valence-corrected chi connectivity index (χ3v) is 2.94. The summed E-state index contributed by atoms with van der Waals surface area (Å²) in [6.45, 7) is 2.04. The van der Waals surface area contributed by atoms with Gasteiger partial charge in [-0.25, -0.2) is 0 Å². The molecule has 3 heteroatoms. The van der Waals surface area contributed by atoms with Gasteiger partial charge in [-0.3, -0.25) is 4.79 Å². The number of hydrogen-bond acceptors (Lipinski definition) is 2. The molecule has 1 heterocycles. The smallest absolute Gasteiger partial charge is 0.220 e. The molecule has 2 atom stereocenters. The van der Waals surface area contributed by atoms with Crippen molar-refractivity contribution >= 4 is 5.91 Å². The van der Waals surface area contributed by atoms with Crippen LogP contribution < -0.4 is 10.1 Å². The highest BCUT2D eigenvalue weighted by Crippen LogP contribution is 2.29. The molecule has 1 N–H and O–H groups in total. The van der Waals surface area contributed by atoms with Crippen molar-refractivity contribution in [2.75, 3.05) is 7.11 Å². The fourth-order valence-corrected chi connectivity index (χ4v) is 2.05. The van der Waals surface area contributed by atoms with Crippen LogP contribution in [0.3, 0.4) is 0 Å². The van der Waals surface area contributed by atoms with Crippen LogP contribution in [0, 0.1) is 0 Å². The van der Waals surface area contributed by atoms with E-state index in [0.29, 0.717) is 12.3 Å². The molecule has 0 bridgehead atoms. The van der Waals surface area contributed by atoms with Gasteiger partial charge in [0.25, 0.3) is 0 Å². The maximum absolute atomic E-state index is 11.2. The first-order chi connectivity index (χ1) is 7.20. The molecule has 1 aromatic rings. The first kappa shape index (κ1) is 10.0. The number of ether oxygens (including phenoxy) is 1. The van der Waals surface area contributed by atoms with E-state index >= 15 is 0 Å². The van der Waals surface area contributed by atoms with Gasteiger partial charge >= 0.3 is 0 Å². The summed E-state index contributed by atoms with van der Waals surface area (Å²) in [6.07, 6.45) is 0.591. The monoisotopic (exact) mass is 205 g/mol. The van der Waals surface area contributed by atoms with Crippen molar-refractivity contribution in [3.05, 3.63) is 29.8 Å². The van der Waals surface area contributed by atoms with Gasteiger partial charge in [-0.2, -0.15) is 0 Å². The van der Waals surface area contributed by atoms with Crippen LogP contribution in [0.25, 0.3) is 0 Å². The molecule has 1 saturated heterocycles. The molecule has 0 spiro atoms.